The molecule has 3 heterocycles. The molecule has 1 unspecified atom stereocenters. The quantitative estimate of drug-likeness (QED) is 0.508. The summed E-state index contributed by atoms with van der Waals surface area (Å²) < 4.78 is 7.60. The third-order valence-corrected chi connectivity index (χ3v) is 6.87. The van der Waals surface area contributed by atoms with Gasteiger partial charge in [0.1, 0.15) is 16.8 Å². The number of thiophene rings is 1. The van der Waals surface area contributed by atoms with Gasteiger partial charge in [0.05, 0.1) is 22.4 Å². The van der Waals surface area contributed by atoms with Crippen molar-refractivity contribution in [3.05, 3.63) is 61.8 Å². The zero-order valence-electron chi connectivity index (χ0n) is 13.5. The molecule has 0 spiro atoms. The van der Waals surface area contributed by atoms with Gasteiger partial charge in [-0.3, -0.25) is 4.79 Å². The maximum absolute atomic E-state index is 12.9. The first-order valence-electron chi connectivity index (χ1n) is 7.98. The first-order chi connectivity index (χ1) is 12.6. The van der Waals surface area contributed by atoms with E-state index in [9.17, 15) is 4.79 Å². The van der Waals surface area contributed by atoms with E-state index in [1.54, 1.807) is 0 Å². The summed E-state index contributed by atoms with van der Waals surface area (Å²) in [6.45, 7) is 1.62. The van der Waals surface area contributed by atoms with Crippen molar-refractivity contribution in [3.8, 4) is 9.88 Å². The topological polar surface area (TPSA) is 42.4 Å². The van der Waals surface area contributed by atoms with Crippen LogP contribution in [0, 0.1) is 0 Å². The Kier molecular flexibility index (Phi) is 5.42. The molecule has 4 nitrogen and oxygen atoms in total. The van der Waals surface area contributed by atoms with Crippen molar-refractivity contribution in [2.45, 2.75) is 6.10 Å². The normalized spacial score (nSPS) is 17.5. The number of halogens is 2. The number of ether oxygens (including phenoxy) is 1. The maximum atomic E-state index is 12.9. The van der Waals surface area contributed by atoms with Crippen molar-refractivity contribution in [2.75, 3.05) is 19.7 Å². The summed E-state index contributed by atoms with van der Waals surface area (Å²) in [6, 6.07) is 11.8. The Hall–Kier alpha value is -1.25. The third-order valence-electron chi connectivity index (χ3n) is 4.10. The van der Waals surface area contributed by atoms with Crippen LogP contribution >= 0.6 is 50.2 Å². The lowest BCUT2D eigenvalue weighted by atomic mass is 10.1. The number of carbonyl (C=O) groups is 1. The van der Waals surface area contributed by atoms with Crippen LogP contribution in [0.25, 0.3) is 9.88 Å². The van der Waals surface area contributed by atoms with Crippen LogP contribution < -0.4 is 0 Å². The second kappa shape index (κ2) is 7.78. The zero-order valence-corrected chi connectivity index (χ0v) is 17.5. The highest BCUT2D eigenvalue weighted by atomic mass is 79.9. The van der Waals surface area contributed by atoms with Gasteiger partial charge in [0, 0.05) is 16.4 Å². The third kappa shape index (κ3) is 3.87. The minimum atomic E-state index is -0.116. The molecule has 0 bridgehead atoms. The Morgan fingerprint density at radius 2 is 2.08 bits per heavy atom. The molecule has 0 saturated carbocycles. The molecule has 26 heavy (non-hydrogen) atoms. The number of aromatic nitrogens is 1. The molecule has 1 aromatic carbocycles. The first kappa shape index (κ1) is 18.1. The highest BCUT2D eigenvalue weighted by molar-refractivity contribution is 9.10. The lowest BCUT2D eigenvalue weighted by molar-refractivity contribution is -0.0229. The average Bonchev–Trinajstić information content (AvgIpc) is 3.31. The molecule has 1 amide bonds. The Labute approximate surface area is 172 Å². The van der Waals surface area contributed by atoms with Crippen LogP contribution in [0.15, 0.2) is 46.3 Å². The van der Waals surface area contributed by atoms with Gasteiger partial charge >= 0.3 is 0 Å². The standard InChI is InChI=1S/C18H14BrClN2O2S2/c19-12-3-1-11(2-4-12)14-9-22(7-8-24-14)18(23)13-10-25-17(21-13)15-5-6-16(20)26-15/h1-6,10,14H,7-9H2. The summed E-state index contributed by atoms with van der Waals surface area (Å²) in [5, 5.41) is 2.64. The summed E-state index contributed by atoms with van der Waals surface area (Å²) in [5.74, 6) is -0.0550. The molecule has 1 saturated heterocycles. The van der Waals surface area contributed by atoms with Crippen LogP contribution in [0.4, 0.5) is 0 Å². The van der Waals surface area contributed by atoms with Crippen LogP contribution in [0.5, 0.6) is 0 Å². The average molecular weight is 470 g/mol. The van der Waals surface area contributed by atoms with Crippen molar-refractivity contribution in [1.82, 2.24) is 9.88 Å². The SMILES string of the molecule is O=C(c1csc(-c2ccc(Cl)s2)n1)N1CCOC(c2ccc(Br)cc2)C1. The molecule has 0 N–H and O–H groups in total. The van der Waals surface area contributed by atoms with Gasteiger partial charge in [0.15, 0.2) is 0 Å². The lowest BCUT2D eigenvalue weighted by Gasteiger charge is -2.32. The summed E-state index contributed by atoms with van der Waals surface area (Å²) in [4.78, 5) is 20.2. The van der Waals surface area contributed by atoms with Crippen molar-refractivity contribution < 1.29 is 9.53 Å². The fraction of sp³-hybridized carbons (Fsp3) is 0.222. The number of thiazole rings is 1. The first-order valence-corrected chi connectivity index (χ1v) is 10.8. The number of rotatable bonds is 3. The molecule has 1 fully saturated rings. The van der Waals surface area contributed by atoms with E-state index in [4.69, 9.17) is 16.3 Å². The predicted octanol–water partition coefficient (Wildman–Crippen LogP) is 5.50. The molecule has 134 valence electrons. The summed E-state index contributed by atoms with van der Waals surface area (Å²) >= 11 is 12.4. The number of hydrogen-bond donors (Lipinski definition) is 0. The van der Waals surface area contributed by atoms with Crippen molar-refractivity contribution >= 4 is 56.1 Å². The number of carbonyl (C=O) groups excluding carboxylic acids is 1. The molecule has 0 radical (unpaired) electrons. The molecule has 8 heteroatoms. The monoisotopic (exact) mass is 468 g/mol. The van der Waals surface area contributed by atoms with E-state index in [-0.39, 0.29) is 12.0 Å². The van der Waals surface area contributed by atoms with Gasteiger partial charge in [-0.05, 0) is 29.8 Å². The van der Waals surface area contributed by atoms with Crippen LogP contribution in [0.3, 0.4) is 0 Å². The summed E-state index contributed by atoms with van der Waals surface area (Å²) in [5.41, 5.74) is 1.55. The minimum Gasteiger partial charge on any atom is -0.370 e. The van der Waals surface area contributed by atoms with Gasteiger partial charge in [-0.25, -0.2) is 4.98 Å². The van der Waals surface area contributed by atoms with Crippen LogP contribution in [-0.2, 0) is 4.74 Å². The fourth-order valence-corrected chi connectivity index (χ4v) is 4.96. The Balaban J connectivity index is 1.49. The molecule has 1 aliphatic heterocycles. The van der Waals surface area contributed by atoms with Gasteiger partial charge in [-0.1, -0.05) is 39.7 Å². The number of hydrogen-bond acceptors (Lipinski definition) is 5. The van der Waals surface area contributed by atoms with Crippen LogP contribution in [0.1, 0.15) is 22.2 Å². The van der Waals surface area contributed by atoms with Crippen molar-refractivity contribution in [1.29, 1.82) is 0 Å². The highest BCUT2D eigenvalue weighted by Gasteiger charge is 2.27. The zero-order chi connectivity index (χ0) is 18.1. The molecule has 1 aliphatic rings. The Morgan fingerprint density at radius 1 is 1.27 bits per heavy atom. The van der Waals surface area contributed by atoms with E-state index in [2.05, 4.69) is 20.9 Å². The Morgan fingerprint density at radius 3 is 2.81 bits per heavy atom. The van der Waals surface area contributed by atoms with Gasteiger partial charge in [0.25, 0.3) is 5.91 Å². The molecular weight excluding hydrogens is 456 g/mol. The summed E-state index contributed by atoms with van der Waals surface area (Å²) in [7, 11) is 0. The highest BCUT2D eigenvalue weighted by Crippen LogP contribution is 2.33. The Bertz CT molecular complexity index is 925. The van der Waals surface area contributed by atoms with Gasteiger partial charge in [0.2, 0.25) is 0 Å². The van der Waals surface area contributed by atoms with Crippen molar-refractivity contribution in [3.63, 3.8) is 0 Å². The van der Waals surface area contributed by atoms with E-state index in [0.29, 0.717) is 29.7 Å². The van der Waals surface area contributed by atoms with Gasteiger partial charge in [-0.15, -0.1) is 22.7 Å². The largest absolute Gasteiger partial charge is 0.370 e. The lowest BCUT2D eigenvalue weighted by Crippen LogP contribution is -2.42. The van der Waals surface area contributed by atoms with E-state index in [1.807, 2.05) is 46.7 Å². The molecule has 1 atom stereocenters. The summed E-state index contributed by atoms with van der Waals surface area (Å²) in [6.07, 6.45) is -0.116. The number of nitrogens with zero attached hydrogens (tertiary/aromatic N) is 2. The fourth-order valence-electron chi connectivity index (χ4n) is 2.79. The second-order valence-corrected chi connectivity index (χ2v) is 9.29. The number of morpholine rings is 1. The van der Waals surface area contributed by atoms with Crippen molar-refractivity contribution in [2.24, 2.45) is 0 Å². The van der Waals surface area contributed by atoms with E-state index >= 15 is 0 Å². The number of benzene rings is 1. The molecule has 4 rings (SSSR count). The smallest absolute Gasteiger partial charge is 0.273 e. The molecular formula is C18H14BrClN2O2S2. The van der Waals surface area contributed by atoms with E-state index < -0.39 is 0 Å². The molecule has 3 aromatic rings. The maximum Gasteiger partial charge on any atom is 0.273 e. The van der Waals surface area contributed by atoms with E-state index in [0.717, 1.165) is 19.9 Å². The second-order valence-electron chi connectivity index (χ2n) is 5.80. The molecule has 0 aliphatic carbocycles. The van der Waals surface area contributed by atoms with Crippen LogP contribution in [0.2, 0.25) is 4.34 Å². The minimum absolute atomic E-state index is 0.0550. The van der Waals surface area contributed by atoms with Crippen LogP contribution in [-0.4, -0.2) is 35.5 Å². The van der Waals surface area contributed by atoms with Gasteiger partial charge < -0.3 is 9.64 Å². The molecule has 2 aromatic heterocycles. The number of amides is 1. The predicted molar refractivity (Wildman–Crippen MR) is 109 cm³/mol. The van der Waals surface area contributed by atoms with E-state index in [1.165, 1.54) is 22.7 Å². The van der Waals surface area contributed by atoms with Gasteiger partial charge in [-0.2, -0.15) is 0 Å².